The summed E-state index contributed by atoms with van der Waals surface area (Å²) in [5.41, 5.74) is -0.474. The molecule has 26 heavy (non-hydrogen) atoms. The molecule has 1 amide bonds. The molecule has 0 spiro atoms. The minimum Gasteiger partial charge on any atom is -0.348 e. The van der Waals surface area contributed by atoms with Crippen LogP contribution in [0, 0.1) is 0 Å². The molecule has 0 aromatic heterocycles. The summed E-state index contributed by atoms with van der Waals surface area (Å²) < 4.78 is 64.3. The van der Waals surface area contributed by atoms with E-state index in [4.69, 9.17) is 0 Å². The molecular formula is C17H23F3N2O3S. The average molecular weight is 392 g/mol. The lowest BCUT2D eigenvalue weighted by molar-refractivity contribution is -0.137. The van der Waals surface area contributed by atoms with Crippen LogP contribution in [0.1, 0.15) is 50.3 Å². The molecule has 1 N–H and O–H groups in total. The second-order valence-corrected chi connectivity index (χ2v) is 8.48. The van der Waals surface area contributed by atoms with E-state index in [9.17, 15) is 26.4 Å². The first kappa shape index (κ1) is 20.7. The molecule has 0 aliphatic carbocycles. The highest BCUT2D eigenvalue weighted by atomic mass is 32.2. The van der Waals surface area contributed by atoms with E-state index in [0.717, 1.165) is 12.1 Å². The topological polar surface area (TPSA) is 66.5 Å². The quantitative estimate of drug-likeness (QED) is 0.809. The molecule has 1 aromatic rings. The third-order valence-corrected chi connectivity index (χ3v) is 6.47. The molecule has 0 bridgehead atoms. The summed E-state index contributed by atoms with van der Waals surface area (Å²) in [7, 11) is -3.51. The smallest absolute Gasteiger partial charge is 0.348 e. The molecule has 2 atom stereocenters. The van der Waals surface area contributed by atoms with Gasteiger partial charge in [0.2, 0.25) is 15.9 Å². The zero-order valence-electron chi connectivity index (χ0n) is 14.7. The number of carbonyl (C=O) groups excluding carboxylic acids is 1. The van der Waals surface area contributed by atoms with Gasteiger partial charge in [-0.2, -0.15) is 17.5 Å². The van der Waals surface area contributed by atoms with Gasteiger partial charge >= 0.3 is 6.18 Å². The minimum absolute atomic E-state index is 0.0278. The molecule has 146 valence electrons. The Kier molecular flexibility index (Phi) is 6.33. The van der Waals surface area contributed by atoms with E-state index < -0.39 is 39.8 Å². The van der Waals surface area contributed by atoms with Gasteiger partial charge in [-0.15, -0.1) is 0 Å². The Morgan fingerprint density at radius 2 is 2.08 bits per heavy atom. The number of hydrogen-bond donors (Lipinski definition) is 1. The highest BCUT2D eigenvalue weighted by Crippen LogP contribution is 2.31. The largest absolute Gasteiger partial charge is 0.416 e. The first-order valence-corrected chi connectivity index (χ1v) is 10.1. The zero-order valence-corrected chi connectivity index (χ0v) is 15.5. The lowest BCUT2D eigenvalue weighted by atomic mass is 10.0. The second kappa shape index (κ2) is 7.96. The molecule has 1 saturated heterocycles. The normalized spacial score (nSPS) is 20.1. The first-order valence-electron chi connectivity index (χ1n) is 8.53. The van der Waals surface area contributed by atoms with Crippen LogP contribution in [0.25, 0.3) is 0 Å². The van der Waals surface area contributed by atoms with Gasteiger partial charge in [-0.05, 0) is 43.9 Å². The summed E-state index contributed by atoms with van der Waals surface area (Å²) in [4.78, 5) is 12.5. The van der Waals surface area contributed by atoms with Gasteiger partial charge in [-0.1, -0.05) is 19.1 Å². The van der Waals surface area contributed by atoms with Gasteiger partial charge in [-0.25, -0.2) is 8.42 Å². The van der Waals surface area contributed by atoms with Crippen LogP contribution >= 0.6 is 0 Å². The molecule has 1 aliphatic rings. The van der Waals surface area contributed by atoms with Crippen LogP contribution in [0.5, 0.6) is 0 Å². The van der Waals surface area contributed by atoms with Crippen molar-refractivity contribution in [3.63, 3.8) is 0 Å². The maximum Gasteiger partial charge on any atom is 0.416 e. The van der Waals surface area contributed by atoms with E-state index in [-0.39, 0.29) is 5.75 Å². The zero-order chi connectivity index (χ0) is 19.5. The molecule has 1 aliphatic heterocycles. The maximum atomic E-state index is 12.8. The minimum atomic E-state index is -4.46. The van der Waals surface area contributed by atoms with Gasteiger partial charge in [0, 0.05) is 6.54 Å². The number of benzene rings is 1. The van der Waals surface area contributed by atoms with Crippen molar-refractivity contribution in [1.82, 2.24) is 9.62 Å². The average Bonchev–Trinajstić information content (AvgIpc) is 3.05. The van der Waals surface area contributed by atoms with Crippen LogP contribution in [0.3, 0.4) is 0 Å². The number of alkyl halides is 3. The van der Waals surface area contributed by atoms with Gasteiger partial charge in [0.25, 0.3) is 0 Å². The van der Waals surface area contributed by atoms with Crippen molar-refractivity contribution < 1.29 is 26.4 Å². The molecule has 2 rings (SSSR count). The van der Waals surface area contributed by atoms with Gasteiger partial charge in [0.1, 0.15) is 6.04 Å². The van der Waals surface area contributed by atoms with Crippen molar-refractivity contribution in [1.29, 1.82) is 0 Å². The number of halogens is 3. The van der Waals surface area contributed by atoms with E-state index in [1.165, 1.54) is 16.4 Å². The Morgan fingerprint density at radius 3 is 2.69 bits per heavy atom. The van der Waals surface area contributed by atoms with Crippen molar-refractivity contribution in [2.45, 2.75) is 51.4 Å². The molecule has 1 fully saturated rings. The lowest BCUT2D eigenvalue weighted by Gasteiger charge is -2.25. The fraction of sp³-hybridized carbons (Fsp3) is 0.588. The Hall–Kier alpha value is -1.61. The van der Waals surface area contributed by atoms with Crippen LogP contribution in [-0.4, -0.2) is 37.0 Å². The SMILES string of the molecule is CCCS(=O)(=O)N1CCCC1C(=O)NC(C)c1cccc(C(F)(F)F)c1. The summed E-state index contributed by atoms with van der Waals surface area (Å²) in [6, 6.07) is 3.27. The first-order chi connectivity index (χ1) is 12.1. The fourth-order valence-electron chi connectivity index (χ4n) is 3.09. The van der Waals surface area contributed by atoms with Crippen molar-refractivity contribution in [2.75, 3.05) is 12.3 Å². The fourth-order valence-corrected chi connectivity index (χ4v) is 4.83. The molecule has 0 saturated carbocycles. The molecule has 5 nitrogen and oxygen atoms in total. The van der Waals surface area contributed by atoms with Crippen LogP contribution < -0.4 is 5.32 Å². The molecule has 1 heterocycles. The Bertz CT molecular complexity index is 750. The number of hydrogen-bond acceptors (Lipinski definition) is 3. The Morgan fingerprint density at radius 1 is 1.38 bits per heavy atom. The number of nitrogens with zero attached hydrogens (tertiary/aromatic N) is 1. The van der Waals surface area contributed by atoms with Gasteiger partial charge < -0.3 is 5.32 Å². The van der Waals surface area contributed by atoms with E-state index >= 15 is 0 Å². The molecule has 2 unspecified atom stereocenters. The molecule has 1 aromatic carbocycles. The van der Waals surface area contributed by atoms with Gasteiger partial charge in [0.05, 0.1) is 17.4 Å². The molecule has 0 radical (unpaired) electrons. The number of sulfonamides is 1. The molecular weight excluding hydrogens is 369 g/mol. The summed E-state index contributed by atoms with van der Waals surface area (Å²) in [5, 5.41) is 2.65. The lowest BCUT2D eigenvalue weighted by Crippen LogP contribution is -2.47. The summed E-state index contributed by atoms with van der Waals surface area (Å²) >= 11 is 0. The highest BCUT2D eigenvalue weighted by molar-refractivity contribution is 7.89. The monoisotopic (exact) mass is 392 g/mol. The summed E-state index contributed by atoms with van der Waals surface area (Å²) in [6.45, 7) is 3.62. The van der Waals surface area contributed by atoms with Crippen LogP contribution in [0.2, 0.25) is 0 Å². The number of carbonyl (C=O) groups is 1. The Labute approximate surface area is 151 Å². The van der Waals surface area contributed by atoms with E-state index in [0.29, 0.717) is 31.4 Å². The van der Waals surface area contributed by atoms with Crippen molar-refractivity contribution in [3.05, 3.63) is 35.4 Å². The molecule has 9 heteroatoms. The van der Waals surface area contributed by atoms with Gasteiger partial charge in [0.15, 0.2) is 0 Å². The number of nitrogens with one attached hydrogen (secondary N) is 1. The third kappa shape index (κ3) is 4.76. The van der Waals surface area contributed by atoms with Crippen LogP contribution in [0.4, 0.5) is 13.2 Å². The summed E-state index contributed by atoms with van der Waals surface area (Å²) in [5.74, 6) is -0.507. The number of rotatable bonds is 6. The van der Waals surface area contributed by atoms with Crippen molar-refractivity contribution in [2.24, 2.45) is 0 Å². The third-order valence-electron chi connectivity index (χ3n) is 4.40. The second-order valence-electron chi connectivity index (χ2n) is 6.44. The van der Waals surface area contributed by atoms with E-state index in [1.54, 1.807) is 13.8 Å². The van der Waals surface area contributed by atoms with E-state index in [2.05, 4.69) is 5.32 Å². The van der Waals surface area contributed by atoms with E-state index in [1.807, 2.05) is 0 Å². The maximum absolute atomic E-state index is 12.8. The Balaban J connectivity index is 2.12. The highest BCUT2D eigenvalue weighted by Gasteiger charge is 2.38. The standard InChI is InChI=1S/C17H23F3N2O3S/c1-3-10-26(24,25)22-9-5-8-15(22)16(23)21-12(2)13-6-4-7-14(11-13)17(18,19)20/h4,6-7,11-12,15H,3,5,8-10H2,1-2H3,(H,21,23). The van der Waals surface area contributed by atoms with Gasteiger partial charge in [-0.3, -0.25) is 4.79 Å². The van der Waals surface area contributed by atoms with Crippen LogP contribution in [-0.2, 0) is 21.0 Å². The predicted octanol–water partition coefficient (Wildman–Crippen LogP) is 3.09. The summed E-state index contributed by atoms with van der Waals surface area (Å²) in [6.07, 6.45) is -3.02. The van der Waals surface area contributed by atoms with Crippen molar-refractivity contribution >= 4 is 15.9 Å². The van der Waals surface area contributed by atoms with Crippen LogP contribution in [0.15, 0.2) is 24.3 Å². The predicted molar refractivity (Wildman–Crippen MR) is 91.8 cm³/mol. The van der Waals surface area contributed by atoms with Crippen molar-refractivity contribution in [3.8, 4) is 0 Å². The number of amides is 1.